The molecule has 3 rings (SSSR count). The molecule has 0 aliphatic carbocycles. The van der Waals surface area contributed by atoms with Crippen LogP contribution in [-0.4, -0.2) is 35.8 Å². The Morgan fingerprint density at radius 3 is 2.29 bits per heavy atom. The summed E-state index contributed by atoms with van der Waals surface area (Å²) in [5.41, 5.74) is 0.340. The molecule has 8 heteroatoms. The second-order valence-electron chi connectivity index (χ2n) is 6.66. The van der Waals surface area contributed by atoms with Gasteiger partial charge < -0.3 is 10.2 Å². The van der Waals surface area contributed by atoms with Crippen molar-refractivity contribution in [2.75, 3.05) is 13.1 Å². The number of hydrogen-bond donors (Lipinski definition) is 1. The van der Waals surface area contributed by atoms with Crippen LogP contribution in [-0.2, 0) is 11.2 Å². The topological polar surface area (TPSA) is 49.4 Å². The Labute approximate surface area is 165 Å². The van der Waals surface area contributed by atoms with Crippen LogP contribution in [0, 0.1) is 17.5 Å². The van der Waals surface area contributed by atoms with Crippen LogP contribution >= 0.6 is 11.6 Å². The van der Waals surface area contributed by atoms with Gasteiger partial charge >= 0.3 is 0 Å². The van der Waals surface area contributed by atoms with Crippen LogP contribution < -0.4 is 5.32 Å². The van der Waals surface area contributed by atoms with Gasteiger partial charge in [0.2, 0.25) is 5.91 Å². The predicted molar refractivity (Wildman–Crippen MR) is 98.5 cm³/mol. The first-order valence-corrected chi connectivity index (χ1v) is 9.19. The van der Waals surface area contributed by atoms with E-state index < -0.39 is 28.9 Å². The number of carbonyl (C=O) groups excluding carboxylic acids is 2. The van der Waals surface area contributed by atoms with Crippen LogP contribution in [0.2, 0.25) is 5.02 Å². The molecule has 0 bridgehead atoms. The average molecular weight is 411 g/mol. The Morgan fingerprint density at radius 1 is 1.00 bits per heavy atom. The summed E-state index contributed by atoms with van der Waals surface area (Å²) in [4.78, 5) is 25.9. The molecule has 0 radical (unpaired) electrons. The maximum absolute atomic E-state index is 13.8. The number of hydrogen-bond acceptors (Lipinski definition) is 2. The Kier molecular flexibility index (Phi) is 6.24. The number of piperidine rings is 1. The van der Waals surface area contributed by atoms with E-state index in [1.165, 1.54) is 4.90 Å². The molecule has 1 aliphatic rings. The quantitative estimate of drug-likeness (QED) is 0.781. The van der Waals surface area contributed by atoms with Gasteiger partial charge in [-0.15, -0.1) is 0 Å². The Hall–Kier alpha value is -2.54. The number of nitrogens with zero attached hydrogens (tertiary/aromatic N) is 1. The van der Waals surface area contributed by atoms with Crippen molar-refractivity contribution in [2.24, 2.45) is 0 Å². The molecule has 1 saturated heterocycles. The zero-order chi connectivity index (χ0) is 20.3. The van der Waals surface area contributed by atoms with Crippen LogP contribution in [0.5, 0.6) is 0 Å². The molecule has 1 aliphatic heterocycles. The van der Waals surface area contributed by atoms with Crippen molar-refractivity contribution >= 4 is 23.4 Å². The van der Waals surface area contributed by atoms with Gasteiger partial charge in [-0.1, -0.05) is 23.7 Å². The first kappa shape index (κ1) is 20.2. The highest BCUT2D eigenvalue weighted by molar-refractivity contribution is 6.30. The molecule has 1 N–H and O–H groups in total. The normalized spacial score (nSPS) is 14.8. The van der Waals surface area contributed by atoms with E-state index in [1.807, 2.05) is 0 Å². The van der Waals surface area contributed by atoms with E-state index in [-0.39, 0.29) is 31.5 Å². The minimum absolute atomic E-state index is 0.112. The summed E-state index contributed by atoms with van der Waals surface area (Å²) < 4.78 is 40.2. The molecule has 4 nitrogen and oxygen atoms in total. The minimum atomic E-state index is -1.66. The molecular weight excluding hydrogens is 393 g/mol. The van der Waals surface area contributed by atoms with Crippen LogP contribution in [0.4, 0.5) is 13.2 Å². The van der Waals surface area contributed by atoms with Gasteiger partial charge in [0.1, 0.15) is 0 Å². The summed E-state index contributed by atoms with van der Waals surface area (Å²) in [6.45, 7) is 0.562. The van der Waals surface area contributed by atoms with E-state index in [4.69, 9.17) is 11.6 Å². The van der Waals surface area contributed by atoms with Crippen molar-refractivity contribution in [3.63, 3.8) is 0 Å². The van der Waals surface area contributed by atoms with E-state index in [2.05, 4.69) is 5.32 Å². The highest BCUT2D eigenvalue weighted by Crippen LogP contribution is 2.20. The predicted octanol–water partition coefficient (Wildman–Crippen LogP) is 3.72. The van der Waals surface area contributed by atoms with Gasteiger partial charge in [-0.05, 0) is 42.7 Å². The molecule has 28 heavy (non-hydrogen) atoms. The molecular formula is C20H18ClF3N2O2. The van der Waals surface area contributed by atoms with Gasteiger partial charge in [-0.3, -0.25) is 9.59 Å². The molecule has 1 heterocycles. The summed E-state index contributed by atoms with van der Waals surface area (Å²) in [6.07, 6.45) is 1.20. The molecule has 2 aromatic carbocycles. The van der Waals surface area contributed by atoms with E-state index in [9.17, 15) is 22.8 Å². The molecule has 0 atom stereocenters. The number of nitrogens with one attached hydrogen (secondary N) is 1. The van der Waals surface area contributed by atoms with Crippen molar-refractivity contribution in [3.8, 4) is 0 Å². The molecule has 0 aromatic heterocycles. The second kappa shape index (κ2) is 8.65. The first-order valence-electron chi connectivity index (χ1n) is 8.81. The van der Waals surface area contributed by atoms with Gasteiger partial charge in [0.05, 0.1) is 12.0 Å². The van der Waals surface area contributed by atoms with Crippen molar-refractivity contribution in [1.29, 1.82) is 0 Å². The highest BCUT2D eigenvalue weighted by atomic mass is 35.5. The number of rotatable bonds is 4. The van der Waals surface area contributed by atoms with E-state index in [0.717, 1.165) is 17.7 Å². The fraction of sp³-hybridized carbons (Fsp3) is 0.300. The summed E-state index contributed by atoms with van der Waals surface area (Å²) in [7, 11) is 0. The Bertz CT molecular complexity index is 882. The fourth-order valence-electron chi connectivity index (χ4n) is 3.15. The highest BCUT2D eigenvalue weighted by Gasteiger charge is 2.27. The lowest BCUT2D eigenvalue weighted by atomic mass is 10.0. The zero-order valence-corrected chi connectivity index (χ0v) is 15.6. The Balaban J connectivity index is 1.53. The average Bonchev–Trinajstić information content (AvgIpc) is 2.68. The molecule has 2 amide bonds. The first-order chi connectivity index (χ1) is 13.3. The maximum atomic E-state index is 13.8. The summed E-state index contributed by atoms with van der Waals surface area (Å²) in [5.74, 6) is -5.31. The van der Waals surface area contributed by atoms with Crippen LogP contribution in [0.3, 0.4) is 0 Å². The largest absolute Gasteiger partial charge is 0.353 e. The summed E-state index contributed by atoms with van der Waals surface area (Å²) in [5, 5.41) is 3.51. The number of benzene rings is 2. The Morgan fingerprint density at radius 2 is 1.64 bits per heavy atom. The van der Waals surface area contributed by atoms with Crippen molar-refractivity contribution in [2.45, 2.75) is 25.3 Å². The van der Waals surface area contributed by atoms with Crippen LogP contribution in [0.15, 0.2) is 36.4 Å². The standard InChI is InChI=1S/C20H18ClF3N2O2/c21-13-3-1-12(2-4-13)11-17(27)25-14-7-9-26(10-8-14)20(28)15-5-6-16(22)19(24)18(15)23/h1-6,14H,7-11H2,(H,25,27). The molecule has 0 saturated carbocycles. The van der Waals surface area contributed by atoms with E-state index in [0.29, 0.717) is 17.9 Å². The van der Waals surface area contributed by atoms with Gasteiger partial charge in [0.15, 0.2) is 17.5 Å². The van der Waals surface area contributed by atoms with E-state index in [1.54, 1.807) is 24.3 Å². The van der Waals surface area contributed by atoms with Gasteiger partial charge in [0, 0.05) is 24.2 Å². The summed E-state index contributed by atoms with van der Waals surface area (Å²) in [6, 6.07) is 8.54. The SMILES string of the molecule is O=C(Cc1ccc(Cl)cc1)NC1CCN(C(=O)c2ccc(F)c(F)c2F)CC1. The van der Waals surface area contributed by atoms with Crippen LogP contribution in [0.25, 0.3) is 0 Å². The lowest BCUT2D eigenvalue weighted by Gasteiger charge is -2.32. The lowest BCUT2D eigenvalue weighted by Crippen LogP contribution is -2.47. The third-order valence-corrected chi connectivity index (χ3v) is 4.94. The van der Waals surface area contributed by atoms with Gasteiger partial charge in [0.25, 0.3) is 5.91 Å². The maximum Gasteiger partial charge on any atom is 0.256 e. The molecule has 2 aromatic rings. The molecule has 1 fully saturated rings. The minimum Gasteiger partial charge on any atom is -0.353 e. The van der Waals surface area contributed by atoms with E-state index >= 15 is 0 Å². The zero-order valence-electron chi connectivity index (χ0n) is 14.9. The number of halogens is 4. The molecule has 0 unspecified atom stereocenters. The smallest absolute Gasteiger partial charge is 0.256 e. The molecule has 0 spiro atoms. The van der Waals surface area contributed by atoms with Crippen molar-refractivity contribution in [3.05, 3.63) is 70.0 Å². The fourth-order valence-corrected chi connectivity index (χ4v) is 3.28. The number of amides is 2. The van der Waals surface area contributed by atoms with Crippen LogP contribution in [0.1, 0.15) is 28.8 Å². The monoisotopic (exact) mass is 410 g/mol. The van der Waals surface area contributed by atoms with Gasteiger partial charge in [-0.25, -0.2) is 13.2 Å². The lowest BCUT2D eigenvalue weighted by molar-refractivity contribution is -0.121. The number of likely N-dealkylation sites (tertiary alicyclic amines) is 1. The second-order valence-corrected chi connectivity index (χ2v) is 7.10. The third kappa shape index (κ3) is 4.65. The number of carbonyl (C=O) groups is 2. The third-order valence-electron chi connectivity index (χ3n) is 4.69. The van der Waals surface area contributed by atoms with Gasteiger partial charge in [-0.2, -0.15) is 0 Å². The van der Waals surface area contributed by atoms with Crippen molar-refractivity contribution < 1.29 is 22.8 Å². The molecule has 148 valence electrons. The van der Waals surface area contributed by atoms with Crippen molar-refractivity contribution in [1.82, 2.24) is 10.2 Å². The summed E-state index contributed by atoms with van der Waals surface area (Å²) >= 11 is 5.82.